The van der Waals surface area contributed by atoms with Crippen molar-refractivity contribution in [2.75, 3.05) is 6.54 Å². The van der Waals surface area contributed by atoms with E-state index in [4.69, 9.17) is 0 Å². The molecule has 1 N–H and O–H groups in total. The van der Waals surface area contributed by atoms with Crippen molar-refractivity contribution >= 4 is 0 Å². The Labute approximate surface area is 85.7 Å². The molecule has 1 aromatic heterocycles. The first-order valence-electron chi connectivity index (χ1n) is 5.26. The number of pyridine rings is 1. The summed E-state index contributed by atoms with van der Waals surface area (Å²) in [4.78, 5) is 4.52. The van der Waals surface area contributed by atoms with Crippen molar-refractivity contribution in [3.63, 3.8) is 0 Å². The van der Waals surface area contributed by atoms with Gasteiger partial charge < -0.3 is 5.32 Å². The fourth-order valence-corrected chi connectivity index (χ4v) is 1.75. The van der Waals surface area contributed by atoms with Crippen molar-refractivity contribution in [1.29, 1.82) is 0 Å². The highest BCUT2D eigenvalue weighted by Gasteiger charge is 2.17. The highest BCUT2D eigenvalue weighted by molar-refractivity contribution is 5.30. The maximum Gasteiger partial charge on any atom is 0.0574 e. The Morgan fingerprint density at radius 2 is 2.14 bits per heavy atom. The van der Waals surface area contributed by atoms with Crippen LogP contribution >= 0.6 is 0 Å². The van der Waals surface area contributed by atoms with Crippen LogP contribution < -0.4 is 5.32 Å². The van der Waals surface area contributed by atoms with Gasteiger partial charge in [0.2, 0.25) is 0 Å². The number of aromatic nitrogens is 1. The minimum Gasteiger partial charge on any atom is -0.311 e. The maximum atomic E-state index is 4.52. The number of fused-ring (bicyclic) bond motifs is 1. The van der Waals surface area contributed by atoms with Gasteiger partial charge in [0, 0.05) is 12.7 Å². The van der Waals surface area contributed by atoms with Crippen LogP contribution in [0.1, 0.15) is 37.6 Å². The third-order valence-electron chi connectivity index (χ3n) is 2.79. The van der Waals surface area contributed by atoms with Crippen LogP contribution in [0.4, 0.5) is 0 Å². The fourth-order valence-electron chi connectivity index (χ4n) is 1.75. The van der Waals surface area contributed by atoms with Gasteiger partial charge in [0.15, 0.2) is 0 Å². The van der Waals surface area contributed by atoms with Crippen molar-refractivity contribution in [2.24, 2.45) is 0 Å². The molecule has 1 aromatic rings. The molecule has 0 atom stereocenters. The normalized spacial score (nSPS) is 16.5. The molecule has 14 heavy (non-hydrogen) atoms. The van der Waals surface area contributed by atoms with E-state index >= 15 is 0 Å². The zero-order chi connectivity index (χ0) is 10.2. The lowest BCUT2D eigenvalue weighted by Gasteiger charge is -2.22. The van der Waals surface area contributed by atoms with Gasteiger partial charge in [0.05, 0.1) is 5.69 Å². The molecule has 0 spiro atoms. The molecule has 0 fully saturated rings. The van der Waals surface area contributed by atoms with Gasteiger partial charge >= 0.3 is 0 Å². The van der Waals surface area contributed by atoms with Crippen LogP contribution in [0.5, 0.6) is 0 Å². The Balaban J connectivity index is 2.39. The molecule has 2 heterocycles. The smallest absolute Gasteiger partial charge is 0.0574 e. The van der Waals surface area contributed by atoms with E-state index in [1.54, 1.807) is 0 Å². The second-order valence-electron chi connectivity index (χ2n) is 5.01. The van der Waals surface area contributed by atoms with Gasteiger partial charge in [-0.05, 0) is 29.5 Å². The summed E-state index contributed by atoms with van der Waals surface area (Å²) in [6.45, 7) is 8.72. The number of nitrogens with zero attached hydrogens (tertiary/aromatic N) is 1. The van der Waals surface area contributed by atoms with E-state index in [2.05, 4.69) is 37.1 Å². The summed E-state index contributed by atoms with van der Waals surface area (Å²) >= 11 is 0. The van der Waals surface area contributed by atoms with Crippen molar-refractivity contribution in [1.82, 2.24) is 10.3 Å². The van der Waals surface area contributed by atoms with Crippen LogP contribution in [0.2, 0.25) is 0 Å². The molecule has 0 saturated carbocycles. The van der Waals surface area contributed by atoms with Crippen LogP contribution in [0.25, 0.3) is 0 Å². The van der Waals surface area contributed by atoms with Crippen LogP contribution in [-0.4, -0.2) is 11.5 Å². The zero-order valence-electron chi connectivity index (χ0n) is 9.22. The molecule has 2 rings (SSSR count). The van der Waals surface area contributed by atoms with Gasteiger partial charge in [0.25, 0.3) is 0 Å². The lowest BCUT2D eigenvalue weighted by molar-refractivity contribution is 0.575. The molecular weight excluding hydrogens is 172 g/mol. The average Bonchev–Trinajstić information content (AvgIpc) is 2.16. The van der Waals surface area contributed by atoms with Crippen molar-refractivity contribution < 1.29 is 0 Å². The zero-order valence-corrected chi connectivity index (χ0v) is 9.22. The molecule has 2 nitrogen and oxygen atoms in total. The third-order valence-corrected chi connectivity index (χ3v) is 2.79. The van der Waals surface area contributed by atoms with E-state index in [-0.39, 0.29) is 5.41 Å². The lowest BCUT2D eigenvalue weighted by atomic mass is 9.86. The van der Waals surface area contributed by atoms with Crippen LogP contribution in [0.3, 0.4) is 0 Å². The van der Waals surface area contributed by atoms with E-state index in [0.717, 1.165) is 19.5 Å². The molecule has 0 aromatic carbocycles. The van der Waals surface area contributed by atoms with Gasteiger partial charge in [0.1, 0.15) is 0 Å². The van der Waals surface area contributed by atoms with E-state index < -0.39 is 0 Å². The van der Waals surface area contributed by atoms with Gasteiger partial charge in [-0.15, -0.1) is 0 Å². The Morgan fingerprint density at radius 3 is 2.86 bits per heavy atom. The molecule has 0 aliphatic carbocycles. The molecule has 0 radical (unpaired) electrons. The topological polar surface area (TPSA) is 24.9 Å². The lowest BCUT2D eigenvalue weighted by Crippen LogP contribution is -2.25. The molecule has 0 amide bonds. The van der Waals surface area contributed by atoms with Gasteiger partial charge in [-0.2, -0.15) is 0 Å². The summed E-state index contributed by atoms with van der Waals surface area (Å²) in [5.41, 5.74) is 4.21. The predicted molar refractivity (Wildman–Crippen MR) is 58.3 cm³/mol. The Morgan fingerprint density at radius 1 is 1.36 bits per heavy atom. The van der Waals surface area contributed by atoms with Crippen LogP contribution in [0, 0.1) is 0 Å². The van der Waals surface area contributed by atoms with E-state index in [9.17, 15) is 0 Å². The summed E-state index contributed by atoms with van der Waals surface area (Å²) in [6.07, 6.45) is 3.14. The summed E-state index contributed by atoms with van der Waals surface area (Å²) in [6, 6.07) is 2.32. The summed E-state index contributed by atoms with van der Waals surface area (Å²) < 4.78 is 0. The van der Waals surface area contributed by atoms with Gasteiger partial charge in [-0.1, -0.05) is 26.8 Å². The largest absolute Gasteiger partial charge is 0.311 e. The average molecular weight is 190 g/mol. The second kappa shape index (κ2) is 3.35. The molecule has 2 heteroatoms. The molecule has 1 aliphatic heterocycles. The Hall–Kier alpha value is -0.890. The second-order valence-corrected chi connectivity index (χ2v) is 5.01. The standard InChI is InChI=1S/C12H18N2/c1-12(2,3)10-6-9-4-5-13-8-11(9)14-7-10/h6-7,13H,4-5,8H2,1-3H3. The quantitative estimate of drug-likeness (QED) is 0.677. The maximum absolute atomic E-state index is 4.52. The SMILES string of the molecule is CC(C)(C)c1cnc2c(c1)CCNC2. The van der Waals surface area contributed by atoms with Crippen molar-refractivity contribution in [3.8, 4) is 0 Å². The first kappa shape index (κ1) is 9.66. The van der Waals surface area contributed by atoms with Crippen LogP contribution in [-0.2, 0) is 18.4 Å². The number of hydrogen-bond acceptors (Lipinski definition) is 2. The predicted octanol–water partition coefficient (Wildman–Crippen LogP) is 2.02. The highest BCUT2D eigenvalue weighted by atomic mass is 14.9. The minimum atomic E-state index is 0.215. The summed E-state index contributed by atoms with van der Waals surface area (Å²) in [5, 5.41) is 3.34. The number of rotatable bonds is 0. The van der Waals surface area contributed by atoms with E-state index in [1.807, 2.05) is 6.20 Å². The molecular formula is C12H18N2. The fraction of sp³-hybridized carbons (Fsp3) is 0.583. The third kappa shape index (κ3) is 1.80. The van der Waals surface area contributed by atoms with Crippen LogP contribution in [0.15, 0.2) is 12.3 Å². The summed E-state index contributed by atoms with van der Waals surface area (Å²) in [5.74, 6) is 0. The van der Waals surface area contributed by atoms with Gasteiger partial charge in [-0.25, -0.2) is 0 Å². The highest BCUT2D eigenvalue weighted by Crippen LogP contribution is 2.24. The summed E-state index contributed by atoms with van der Waals surface area (Å²) in [7, 11) is 0. The Bertz CT molecular complexity index is 337. The van der Waals surface area contributed by atoms with Crippen molar-refractivity contribution in [3.05, 3.63) is 29.1 Å². The number of hydrogen-bond donors (Lipinski definition) is 1. The van der Waals surface area contributed by atoms with Crippen molar-refractivity contribution in [2.45, 2.75) is 39.2 Å². The van der Waals surface area contributed by atoms with E-state index in [0.29, 0.717) is 0 Å². The molecule has 0 bridgehead atoms. The minimum absolute atomic E-state index is 0.215. The van der Waals surface area contributed by atoms with E-state index in [1.165, 1.54) is 16.8 Å². The monoisotopic (exact) mass is 190 g/mol. The first-order chi connectivity index (χ1) is 6.57. The first-order valence-corrected chi connectivity index (χ1v) is 5.26. The number of nitrogens with one attached hydrogen (secondary N) is 1. The Kier molecular flexibility index (Phi) is 2.31. The molecule has 0 unspecified atom stereocenters. The molecule has 76 valence electrons. The molecule has 1 aliphatic rings. The van der Waals surface area contributed by atoms with Gasteiger partial charge in [-0.3, -0.25) is 4.98 Å². The molecule has 0 saturated heterocycles.